The van der Waals surface area contributed by atoms with Crippen molar-refractivity contribution in [2.24, 2.45) is 0 Å². The molecular formula is C19H11ClN2O3S. The minimum atomic E-state index is -0.471. The smallest absolute Gasteiger partial charge is 0.287 e. The number of hydrogen-bond acceptors (Lipinski definition) is 4. The monoisotopic (exact) mass is 382 g/mol. The lowest BCUT2D eigenvalue weighted by atomic mass is 10.1. The normalized spacial score (nSPS) is 11.0. The number of carbonyl (C=O) groups is 1. The molecule has 0 saturated carbocycles. The molecule has 0 radical (unpaired) electrons. The summed E-state index contributed by atoms with van der Waals surface area (Å²) in [7, 11) is 0. The van der Waals surface area contributed by atoms with E-state index in [1.165, 1.54) is 6.07 Å². The highest BCUT2D eigenvalue weighted by Crippen LogP contribution is 2.40. The predicted molar refractivity (Wildman–Crippen MR) is 105 cm³/mol. The first-order valence-electron chi connectivity index (χ1n) is 7.71. The van der Waals surface area contributed by atoms with Crippen LogP contribution in [-0.2, 0) is 0 Å². The highest BCUT2D eigenvalue weighted by Gasteiger charge is 2.23. The number of amides is 1. The van der Waals surface area contributed by atoms with E-state index < -0.39 is 4.92 Å². The van der Waals surface area contributed by atoms with E-state index in [-0.39, 0.29) is 21.5 Å². The van der Waals surface area contributed by atoms with Crippen molar-refractivity contribution >= 4 is 61.1 Å². The lowest BCUT2D eigenvalue weighted by Crippen LogP contribution is -2.10. The number of fused-ring (bicyclic) bond motifs is 2. The van der Waals surface area contributed by atoms with Crippen LogP contribution in [0, 0.1) is 10.1 Å². The number of hydrogen-bond donors (Lipinski definition) is 1. The van der Waals surface area contributed by atoms with Gasteiger partial charge in [-0.15, -0.1) is 11.3 Å². The molecule has 4 aromatic rings. The van der Waals surface area contributed by atoms with Crippen LogP contribution in [-0.4, -0.2) is 10.8 Å². The van der Waals surface area contributed by atoms with Gasteiger partial charge in [-0.25, -0.2) is 0 Å². The first kappa shape index (κ1) is 16.5. The van der Waals surface area contributed by atoms with E-state index in [1.807, 2.05) is 42.5 Å². The van der Waals surface area contributed by atoms with Gasteiger partial charge in [0.1, 0.15) is 9.58 Å². The number of nitro groups is 1. The van der Waals surface area contributed by atoms with Crippen LogP contribution in [0.1, 0.15) is 9.67 Å². The molecule has 0 spiro atoms. The van der Waals surface area contributed by atoms with E-state index in [2.05, 4.69) is 5.32 Å². The molecule has 1 aromatic heterocycles. The Morgan fingerprint density at radius 2 is 1.69 bits per heavy atom. The number of anilines is 1. The molecule has 0 fully saturated rings. The van der Waals surface area contributed by atoms with E-state index in [0.717, 1.165) is 22.1 Å². The maximum atomic E-state index is 12.8. The number of benzene rings is 3. The minimum Gasteiger partial charge on any atom is -0.321 e. The summed E-state index contributed by atoms with van der Waals surface area (Å²) in [6, 6.07) is 18.0. The van der Waals surface area contributed by atoms with E-state index in [1.54, 1.807) is 12.1 Å². The summed E-state index contributed by atoms with van der Waals surface area (Å²) >= 11 is 7.37. The number of nitro benzene ring substituents is 1. The van der Waals surface area contributed by atoms with E-state index >= 15 is 0 Å². The van der Waals surface area contributed by atoms with Gasteiger partial charge in [0.2, 0.25) is 0 Å². The van der Waals surface area contributed by atoms with Crippen LogP contribution in [0.15, 0.2) is 60.7 Å². The van der Waals surface area contributed by atoms with Crippen LogP contribution in [0.4, 0.5) is 11.4 Å². The fourth-order valence-corrected chi connectivity index (χ4v) is 4.37. The number of nitrogens with zero attached hydrogens (tertiary/aromatic N) is 1. The van der Waals surface area contributed by atoms with Crippen molar-refractivity contribution in [1.82, 2.24) is 0 Å². The summed E-state index contributed by atoms with van der Waals surface area (Å²) in [5.74, 6) is -0.387. The lowest BCUT2D eigenvalue weighted by Gasteiger charge is -2.08. The highest BCUT2D eigenvalue weighted by molar-refractivity contribution is 7.22. The maximum Gasteiger partial charge on any atom is 0.287 e. The Morgan fingerprint density at radius 3 is 2.50 bits per heavy atom. The average Bonchev–Trinajstić information content (AvgIpc) is 2.99. The molecule has 3 aromatic carbocycles. The second-order valence-corrected chi connectivity index (χ2v) is 7.04. The van der Waals surface area contributed by atoms with Gasteiger partial charge >= 0.3 is 0 Å². The molecule has 0 bridgehead atoms. The third-order valence-electron chi connectivity index (χ3n) is 4.07. The largest absolute Gasteiger partial charge is 0.321 e. The van der Waals surface area contributed by atoms with Gasteiger partial charge in [-0.1, -0.05) is 60.1 Å². The van der Waals surface area contributed by atoms with Gasteiger partial charge in [0.25, 0.3) is 11.6 Å². The van der Waals surface area contributed by atoms with Gasteiger partial charge in [-0.2, -0.15) is 0 Å². The molecule has 1 amide bonds. The Labute approximate surface area is 157 Å². The van der Waals surface area contributed by atoms with Gasteiger partial charge in [-0.3, -0.25) is 14.9 Å². The van der Waals surface area contributed by atoms with Crippen molar-refractivity contribution in [3.8, 4) is 0 Å². The van der Waals surface area contributed by atoms with Crippen LogP contribution in [0.5, 0.6) is 0 Å². The van der Waals surface area contributed by atoms with Crippen LogP contribution < -0.4 is 5.32 Å². The standard InChI is InChI=1S/C19H11ClN2O3S/c20-16-13-8-4-10-15(22(24)25)17(13)26-18(16)19(23)21-14-9-3-6-11-5-1-2-7-12(11)14/h1-10H,(H,21,23). The average molecular weight is 383 g/mol. The van der Waals surface area contributed by atoms with Crippen molar-refractivity contribution in [1.29, 1.82) is 0 Å². The second-order valence-electron chi connectivity index (χ2n) is 5.64. The number of nitrogens with one attached hydrogen (secondary N) is 1. The van der Waals surface area contributed by atoms with Gasteiger partial charge in [0.15, 0.2) is 0 Å². The zero-order valence-corrected chi connectivity index (χ0v) is 14.8. The van der Waals surface area contributed by atoms with Gasteiger partial charge in [-0.05, 0) is 11.5 Å². The van der Waals surface area contributed by atoms with Crippen molar-refractivity contribution in [3.63, 3.8) is 0 Å². The maximum absolute atomic E-state index is 12.8. The molecule has 0 aliphatic carbocycles. The summed E-state index contributed by atoms with van der Waals surface area (Å²) in [5.41, 5.74) is 0.606. The molecule has 1 N–H and O–H groups in total. The molecule has 5 nitrogen and oxygen atoms in total. The fourth-order valence-electron chi connectivity index (χ4n) is 2.88. The number of carbonyl (C=O) groups excluding carboxylic acids is 1. The third-order valence-corrected chi connectivity index (χ3v) is 5.81. The Balaban J connectivity index is 1.78. The van der Waals surface area contributed by atoms with E-state index in [9.17, 15) is 14.9 Å². The zero-order chi connectivity index (χ0) is 18.3. The molecule has 1 heterocycles. The Kier molecular flexibility index (Phi) is 4.06. The SMILES string of the molecule is O=C(Nc1cccc2ccccc12)c1sc2c([N+](=O)[O-])cccc2c1Cl. The summed E-state index contributed by atoms with van der Waals surface area (Å²) in [6.07, 6.45) is 0. The Morgan fingerprint density at radius 1 is 1.00 bits per heavy atom. The summed E-state index contributed by atoms with van der Waals surface area (Å²) in [5, 5.41) is 16.7. The molecule has 0 atom stereocenters. The molecule has 7 heteroatoms. The lowest BCUT2D eigenvalue weighted by molar-refractivity contribution is -0.382. The molecule has 26 heavy (non-hydrogen) atoms. The van der Waals surface area contributed by atoms with Crippen LogP contribution in [0.3, 0.4) is 0 Å². The summed E-state index contributed by atoms with van der Waals surface area (Å²) in [4.78, 5) is 23.8. The van der Waals surface area contributed by atoms with Crippen LogP contribution >= 0.6 is 22.9 Å². The van der Waals surface area contributed by atoms with E-state index in [4.69, 9.17) is 11.6 Å². The molecule has 0 unspecified atom stereocenters. The number of non-ortho nitro benzene ring substituents is 1. The first-order chi connectivity index (χ1) is 12.6. The Hall–Kier alpha value is -2.96. The van der Waals surface area contributed by atoms with E-state index in [0.29, 0.717) is 15.8 Å². The van der Waals surface area contributed by atoms with Gasteiger partial charge in [0, 0.05) is 22.5 Å². The van der Waals surface area contributed by atoms with Crippen molar-refractivity contribution in [2.75, 3.05) is 5.32 Å². The number of halogens is 1. The summed E-state index contributed by atoms with van der Waals surface area (Å²) in [6.45, 7) is 0. The van der Waals surface area contributed by atoms with Crippen molar-refractivity contribution < 1.29 is 9.72 Å². The van der Waals surface area contributed by atoms with Crippen LogP contribution in [0.2, 0.25) is 5.02 Å². The zero-order valence-electron chi connectivity index (χ0n) is 13.2. The topological polar surface area (TPSA) is 72.2 Å². The second kappa shape index (κ2) is 6.40. The molecule has 4 rings (SSSR count). The van der Waals surface area contributed by atoms with Gasteiger partial charge in [0.05, 0.1) is 9.95 Å². The molecule has 0 aliphatic rings. The number of rotatable bonds is 3. The molecule has 128 valence electrons. The first-order valence-corrected chi connectivity index (χ1v) is 8.90. The van der Waals surface area contributed by atoms with Crippen molar-refractivity contribution in [2.45, 2.75) is 0 Å². The minimum absolute atomic E-state index is 0.0568. The quantitative estimate of drug-likeness (QED) is 0.356. The molecule has 0 aliphatic heterocycles. The Bertz CT molecular complexity index is 1180. The third kappa shape index (κ3) is 2.69. The van der Waals surface area contributed by atoms with Crippen molar-refractivity contribution in [3.05, 3.63) is 80.7 Å². The highest BCUT2D eigenvalue weighted by atomic mass is 35.5. The summed E-state index contributed by atoms with van der Waals surface area (Å²) < 4.78 is 0.394. The van der Waals surface area contributed by atoms with Gasteiger partial charge < -0.3 is 5.32 Å². The molecule has 0 saturated heterocycles. The van der Waals surface area contributed by atoms with Crippen LogP contribution in [0.25, 0.3) is 20.9 Å². The molecular weight excluding hydrogens is 372 g/mol. The predicted octanol–water partition coefficient (Wildman–Crippen LogP) is 5.87. The fraction of sp³-hybridized carbons (Fsp3) is 0. The number of thiophene rings is 1.